The van der Waals surface area contributed by atoms with Gasteiger partial charge in [-0.15, -0.1) is 0 Å². The third-order valence-corrected chi connectivity index (χ3v) is 8.95. The van der Waals surface area contributed by atoms with Crippen molar-refractivity contribution in [2.45, 2.75) is 57.5 Å². The molecule has 5 N–H and O–H groups in total. The molecule has 2 aliphatic heterocycles. The van der Waals surface area contributed by atoms with E-state index in [1.807, 2.05) is 11.0 Å². The van der Waals surface area contributed by atoms with Crippen LogP contribution < -0.4 is 5.73 Å². The van der Waals surface area contributed by atoms with Crippen LogP contribution in [0.5, 0.6) is 5.75 Å². The van der Waals surface area contributed by atoms with Crippen LogP contribution in [-0.2, 0) is 4.79 Å². The van der Waals surface area contributed by atoms with E-state index in [1.165, 1.54) is 23.6 Å². The third kappa shape index (κ3) is 4.70. The van der Waals surface area contributed by atoms with E-state index in [-0.39, 0.29) is 35.5 Å². The Labute approximate surface area is 246 Å². The second-order valence-corrected chi connectivity index (χ2v) is 11.8. The lowest BCUT2D eigenvalue weighted by Crippen LogP contribution is -2.54. The number of phenolic OH excluding ortho intramolecular Hbond substituents is 1. The molecule has 1 aromatic carbocycles. The number of Topliss-reactive ketones (excluding diaryl/α,β-unsaturated/α-hetero) is 1. The van der Waals surface area contributed by atoms with Crippen LogP contribution in [0.4, 0.5) is 10.2 Å². The van der Waals surface area contributed by atoms with Crippen molar-refractivity contribution < 1.29 is 29.3 Å². The average molecular weight is 589 g/mol. The summed E-state index contributed by atoms with van der Waals surface area (Å²) in [6.07, 6.45) is 5.94. The maximum Gasteiger partial charge on any atom is 0.233 e. The maximum atomic E-state index is 13.9. The summed E-state index contributed by atoms with van der Waals surface area (Å²) in [4.78, 5) is 37.5. The molecule has 2 fully saturated rings. The van der Waals surface area contributed by atoms with Crippen molar-refractivity contribution in [2.75, 3.05) is 18.9 Å². The van der Waals surface area contributed by atoms with Gasteiger partial charge in [-0.05, 0) is 63.8 Å². The SMILES string of the molecule is CC(=O)c1c(C2C[C@H]3CC[C@@H](C2)N3C(=O)C(C)(CO)CO)nc2c(-c3ccc(-c4ccc(O)c(F)c4)nc3)cnn2c1N. The molecule has 1 unspecified atom stereocenters. The number of amides is 1. The zero-order valence-corrected chi connectivity index (χ0v) is 23.9. The van der Waals surface area contributed by atoms with Gasteiger partial charge in [0.1, 0.15) is 5.82 Å². The van der Waals surface area contributed by atoms with E-state index in [0.717, 1.165) is 12.8 Å². The molecule has 0 radical (unpaired) electrons. The number of hydrogen-bond acceptors (Lipinski definition) is 9. The molecule has 0 spiro atoms. The van der Waals surface area contributed by atoms with Crippen molar-refractivity contribution in [1.82, 2.24) is 24.5 Å². The maximum absolute atomic E-state index is 13.9. The number of aromatic hydroxyl groups is 1. The van der Waals surface area contributed by atoms with Gasteiger partial charge in [0.05, 0.1) is 41.8 Å². The summed E-state index contributed by atoms with van der Waals surface area (Å²) >= 11 is 0. The molecule has 11 nitrogen and oxygen atoms in total. The number of hydrogen-bond donors (Lipinski definition) is 4. The van der Waals surface area contributed by atoms with Crippen LogP contribution in [0.1, 0.15) is 61.5 Å². The summed E-state index contributed by atoms with van der Waals surface area (Å²) in [5.41, 5.74) is 9.00. The number of benzene rings is 1. The number of aliphatic hydroxyl groups is 2. The number of pyridine rings is 1. The Kier molecular flexibility index (Phi) is 7.13. The predicted molar refractivity (Wildman–Crippen MR) is 156 cm³/mol. The number of aromatic nitrogens is 4. The van der Waals surface area contributed by atoms with Gasteiger partial charge in [-0.25, -0.2) is 9.37 Å². The van der Waals surface area contributed by atoms with Crippen LogP contribution in [0.25, 0.3) is 28.0 Å². The summed E-state index contributed by atoms with van der Waals surface area (Å²) in [6.45, 7) is 2.12. The van der Waals surface area contributed by atoms with Gasteiger partial charge in [0.2, 0.25) is 5.91 Å². The molecule has 2 aliphatic rings. The Morgan fingerprint density at radius 2 is 1.74 bits per heavy atom. The Morgan fingerprint density at radius 3 is 2.33 bits per heavy atom. The summed E-state index contributed by atoms with van der Waals surface area (Å²) in [6, 6.07) is 7.38. The van der Waals surface area contributed by atoms with E-state index in [0.29, 0.717) is 52.1 Å². The van der Waals surface area contributed by atoms with Crippen LogP contribution in [-0.4, -0.2) is 76.8 Å². The van der Waals surface area contributed by atoms with Crippen molar-refractivity contribution in [2.24, 2.45) is 5.41 Å². The quantitative estimate of drug-likeness (QED) is 0.237. The molecule has 5 heterocycles. The predicted octanol–water partition coefficient (Wildman–Crippen LogP) is 3.32. The lowest BCUT2D eigenvalue weighted by atomic mass is 9.82. The van der Waals surface area contributed by atoms with Crippen LogP contribution >= 0.6 is 0 Å². The van der Waals surface area contributed by atoms with E-state index in [2.05, 4.69) is 10.1 Å². The van der Waals surface area contributed by atoms with Crippen molar-refractivity contribution >= 4 is 23.2 Å². The molecule has 2 bridgehead atoms. The van der Waals surface area contributed by atoms with E-state index in [1.54, 1.807) is 31.5 Å². The van der Waals surface area contributed by atoms with Gasteiger partial charge in [-0.1, -0.05) is 6.07 Å². The molecule has 0 saturated carbocycles. The zero-order valence-electron chi connectivity index (χ0n) is 23.9. The van der Waals surface area contributed by atoms with Gasteiger partial charge in [0.15, 0.2) is 23.0 Å². The number of aliphatic hydroxyl groups excluding tert-OH is 2. The Balaban J connectivity index is 1.36. The molecule has 3 atom stereocenters. The first-order valence-electron chi connectivity index (χ1n) is 14.2. The Morgan fingerprint density at radius 1 is 1.07 bits per heavy atom. The number of carbonyl (C=O) groups is 2. The van der Waals surface area contributed by atoms with E-state index < -0.39 is 30.2 Å². The summed E-state index contributed by atoms with van der Waals surface area (Å²) in [5, 5.41) is 33.6. The number of nitrogens with zero attached hydrogens (tertiary/aromatic N) is 5. The minimum Gasteiger partial charge on any atom is -0.505 e. The molecule has 1 amide bonds. The van der Waals surface area contributed by atoms with Crippen molar-refractivity contribution in [3.05, 3.63) is 59.8 Å². The first-order valence-corrected chi connectivity index (χ1v) is 14.2. The zero-order chi connectivity index (χ0) is 30.6. The number of halogens is 1. The molecule has 4 aromatic rings. The van der Waals surface area contributed by atoms with E-state index >= 15 is 0 Å². The number of fused-ring (bicyclic) bond motifs is 3. The lowest BCUT2D eigenvalue weighted by Gasteiger charge is -2.42. The first-order chi connectivity index (χ1) is 20.6. The monoisotopic (exact) mass is 588 g/mol. The summed E-state index contributed by atoms with van der Waals surface area (Å²) < 4.78 is 15.3. The number of nitrogens with two attached hydrogens (primary N) is 1. The van der Waals surface area contributed by atoms with Gasteiger partial charge in [-0.3, -0.25) is 14.6 Å². The molecule has 2 saturated heterocycles. The largest absolute Gasteiger partial charge is 0.505 e. The lowest BCUT2D eigenvalue weighted by molar-refractivity contribution is -0.151. The van der Waals surface area contributed by atoms with Gasteiger partial charge < -0.3 is 26.0 Å². The van der Waals surface area contributed by atoms with E-state index in [9.17, 15) is 29.3 Å². The second kappa shape index (κ2) is 10.7. The fourth-order valence-electron chi connectivity index (χ4n) is 6.51. The number of piperidine rings is 1. The second-order valence-electron chi connectivity index (χ2n) is 11.8. The number of phenols is 1. The van der Waals surface area contributed by atoms with Crippen LogP contribution in [0.2, 0.25) is 0 Å². The fourth-order valence-corrected chi connectivity index (χ4v) is 6.51. The highest BCUT2D eigenvalue weighted by Gasteiger charge is 2.49. The molecule has 12 heteroatoms. The highest BCUT2D eigenvalue weighted by Crippen LogP contribution is 2.46. The van der Waals surface area contributed by atoms with Crippen LogP contribution in [0.3, 0.4) is 0 Å². The molecule has 43 heavy (non-hydrogen) atoms. The molecule has 6 rings (SSSR count). The number of ketones is 1. The van der Waals surface area contributed by atoms with Gasteiger partial charge in [-0.2, -0.15) is 9.61 Å². The highest BCUT2D eigenvalue weighted by atomic mass is 19.1. The molecule has 0 aliphatic carbocycles. The summed E-state index contributed by atoms with van der Waals surface area (Å²) in [7, 11) is 0. The molecular formula is C31H33FN6O5. The van der Waals surface area contributed by atoms with Crippen LogP contribution in [0, 0.1) is 11.2 Å². The summed E-state index contributed by atoms with van der Waals surface area (Å²) in [5.74, 6) is -1.63. The fraction of sp³-hybridized carbons (Fsp3) is 0.387. The van der Waals surface area contributed by atoms with Crippen molar-refractivity contribution in [3.63, 3.8) is 0 Å². The highest BCUT2D eigenvalue weighted by molar-refractivity contribution is 6.00. The molecular weight excluding hydrogens is 555 g/mol. The van der Waals surface area contributed by atoms with Gasteiger partial charge in [0, 0.05) is 40.9 Å². The Hall–Kier alpha value is -4.42. The molecule has 224 valence electrons. The minimum atomic E-state index is -1.26. The van der Waals surface area contributed by atoms with E-state index in [4.69, 9.17) is 10.7 Å². The number of anilines is 1. The number of nitrogen functional groups attached to an aromatic ring is 1. The van der Waals surface area contributed by atoms with Gasteiger partial charge >= 0.3 is 0 Å². The smallest absolute Gasteiger partial charge is 0.233 e. The standard InChI is InChI=1S/C31H33FN6O5/c1-16(41)26-27(19-9-20-5-6-21(10-19)37(20)30(43)31(2,14-39)15-40)36-29-22(13-35-38(29)28(26)33)18-3-7-24(34-12-18)17-4-8-25(42)23(32)11-17/h3-4,7-8,11-13,19-21,39-40,42H,5-6,9-10,14-15,33H2,1-2H3/t19?,20-,21+. The average Bonchev–Trinajstić information content (AvgIpc) is 3.55. The normalized spacial score (nSPS) is 20.1. The number of rotatable bonds is 7. The van der Waals surface area contributed by atoms with Crippen LogP contribution in [0.15, 0.2) is 42.7 Å². The third-order valence-electron chi connectivity index (χ3n) is 8.95. The first kappa shape index (κ1) is 28.7. The number of carbonyl (C=O) groups excluding carboxylic acids is 2. The molecule has 3 aromatic heterocycles. The van der Waals surface area contributed by atoms with Crippen molar-refractivity contribution in [3.8, 4) is 28.1 Å². The Bertz CT molecular complexity index is 1720. The van der Waals surface area contributed by atoms with Gasteiger partial charge in [0.25, 0.3) is 0 Å². The topological polar surface area (TPSA) is 167 Å². The van der Waals surface area contributed by atoms with Crippen molar-refractivity contribution in [1.29, 1.82) is 0 Å². The minimum absolute atomic E-state index is 0.112.